The summed E-state index contributed by atoms with van der Waals surface area (Å²) in [4.78, 5) is 12.6. The van der Waals surface area contributed by atoms with Gasteiger partial charge in [-0.3, -0.25) is 4.90 Å². The Labute approximate surface area is 83.8 Å². The van der Waals surface area contributed by atoms with Gasteiger partial charge in [-0.15, -0.1) is 0 Å². The highest BCUT2D eigenvalue weighted by atomic mass is 16.4. The van der Waals surface area contributed by atoms with Crippen LogP contribution in [0.5, 0.6) is 0 Å². The molecule has 0 spiro atoms. The van der Waals surface area contributed by atoms with E-state index < -0.39 is 5.97 Å². The number of hydrogen-bond donors (Lipinski definition) is 2. The maximum absolute atomic E-state index is 10.5. The van der Waals surface area contributed by atoms with Gasteiger partial charge >= 0.3 is 5.97 Å². The third-order valence-electron chi connectivity index (χ3n) is 2.62. The molecule has 14 heavy (non-hydrogen) atoms. The van der Waals surface area contributed by atoms with Gasteiger partial charge in [0, 0.05) is 25.3 Å². The summed E-state index contributed by atoms with van der Waals surface area (Å²) in [6.45, 7) is 5.96. The lowest BCUT2D eigenvalue weighted by atomic mass is 10.1. The van der Waals surface area contributed by atoms with Crippen LogP contribution in [0, 0.1) is 5.92 Å². The van der Waals surface area contributed by atoms with Crippen molar-refractivity contribution >= 4 is 5.97 Å². The Bertz CT molecular complexity index is 227. The van der Waals surface area contributed by atoms with Gasteiger partial charge in [0.25, 0.3) is 0 Å². The molecule has 1 aliphatic rings. The molecule has 1 saturated heterocycles. The SMILES string of the molecule is C=C(CN1CCC(CCO)C1)C(=O)O. The lowest BCUT2D eigenvalue weighted by Gasteiger charge is -2.15. The van der Waals surface area contributed by atoms with Gasteiger partial charge in [0.15, 0.2) is 0 Å². The highest BCUT2D eigenvalue weighted by Crippen LogP contribution is 2.19. The minimum absolute atomic E-state index is 0.221. The molecule has 1 fully saturated rings. The number of carbonyl (C=O) groups is 1. The third-order valence-corrected chi connectivity index (χ3v) is 2.62. The first-order valence-electron chi connectivity index (χ1n) is 4.87. The molecule has 0 aromatic carbocycles. The van der Waals surface area contributed by atoms with E-state index in [-0.39, 0.29) is 12.2 Å². The van der Waals surface area contributed by atoms with E-state index in [0.717, 1.165) is 25.9 Å². The van der Waals surface area contributed by atoms with Crippen LogP contribution in [0.4, 0.5) is 0 Å². The number of aliphatic carboxylic acids is 1. The molecule has 0 aliphatic carbocycles. The van der Waals surface area contributed by atoms with E-state index >= 15 is 0 Å². The van der Waals surface area contributed by atoms with Crippen molar-refractivity contribution in [1.82, 2.24) is 4.90 Å². The normalized spacial score (nSPS) is 22.5. The van der Waals surface area contributed by atoms with E-state index in [1.807, 2.05) is 0 Å². The second kappa shape index (κ2) is 5.12. The van der Waals surface area contributed by atoms with E-state index in [1.165, 1.54) is 0 Å². The molecule has 1 atom stereocenters. The van der Waals surface area contributed by atoms with Crippen molar-refractivity contribution in [2.45, 2.75) is 12.8 Å². The zero-order valence-electron chi connectivity index (χ0n) is 8.28. The van der Waals surface area contributed by atoms with Crippen LogP contribution in [0.3, 0.4) is 0 Å². The van der Waals surface area contributed by atoms with Crippen LogP contribution >= 0.6 is 0 Å². The Balaban J connectivity index is 2.28. The molecule has 1 heterocycles. The van der Waals surface area contributed by atoms with Gasteiger partial charge in [-0.1, -0.05) is 6.58 Å². The molecule has 0 aromatic rings. The molecule has 0 amide bonds. The average molecular weight is 199 g/mol. The largest absolute Gasteiger partial charge is 0.478 e. The van der Waals surface area contributed by atoms with E-state index in [1.54, 1.807) is 0 Å². The summed E-state index contributed by atoms with van der Waals surface area (Å²) in [7, 11) is 0. The minimum atomic E-state index is -0.921. The van der Waals surface area contributed by atoms with Crippen molar-refractivity contribution in [3.8, 4) is 0 Å². The summed E-state index contributed by atoms with van der Waals surface area (Å²) in [5.41, 5.74) is 0.245. The summed E-state index contributed by atoms with van der Waals surface area (Å²) < 4.78 is 0. The number of aliphatic hydroxyl groups is 1. The molecular weight excluding hydrogens is 182 g/mol. The van der Waals surface area contributed by atoms with Crippen LogP contribution < -0.4 is 0 Å². The van der Waals surface area contributed by atoms with Gasteiger partial charge < -0.3 is 10.2 Å². The molecule has 80 valence electrons. The molecule has 2 N–H and O–H groups in total. The van der Waals surface area contributed by atoms with Gasteiger partial charge in [-0.2, -0.15) is 0 Å². The smallest absolute Gasteiger partial charge is 0.332 e. The van der Waals surface area contributed by atoms with Gasteiger partial charge in [-0.25, -0.2) is 4.79 Å². The fraction of sp³-hybridized carbons (Fsp3) is 0.700. The quantitative estimate of drug-likeness (QED) is 0.626. The first-order valence-corrected chi connectivity index (χ1v) is 4.87. The van der Waals surface area contributed by atoms with Crippen LogP contribution in [0.15, 0.2) is 12.2 Å². The van der Waals surface area contributed by atoms with Crippen molar-refractivity contribution in [3.05, 3.63) is 12.2 Å². The number of carboxylic acids is 1. The fourth-order valence-corrected chi connectivity index (χ4v) is 1.81. The van der Waals surface area contributed by atoms with Crippen LogP contribution in [0.25, 0.3) is 0 Å². The van der Waals surface area contributed by atoms with E-state index in [4.69, 9.17) is 10.2 Å². The highest BCUT2D eigenvalue weighted by molar-refractivity contribution is 5.86. The number of rotatable bonds is 5. The first kappa shape index (κ1) is 11.2. The number of nitrogens with zero attached hydrogens (tertiary/aromatic N) is 1. The van der Waals surface area contributed by atoms with Crippen LogP contribution in [0.1, 0.15) is 12.8 Å². The van der Waals surface area contributed by atoms with Gasteiger partial charge in [0.05, 0.1) is 0 Å². The Kier molecular flexibility index (Phi) is 4.10. The van der Waals surface area contributed by atoms with Crippen LogP contribution in [-0.2, 0) is 4.79 Å². The first-order chi connectivity index (χ1) is 6.63. The number of carboxylic acid groups (broad SMARTS) is 1. The molecule has 4 nitrogen and oxygen atoms in total. The summed E-state index contributed by atoms with van der Waals surface area (Å²) in [5, 5.41) is 17.4. The summed E-state index contributed by atoms with van der Waals surface area (Å²) in [6, 6.07) is 0. The van der Waals surface area contributed by atoms with Crippen molar-refractivity contribution in [1.29, 1.82) is 0 Å². The van der Waals surface area contributed by atoms with Crippen LogP contribution in [0.2, 0.25) is 0 Å². The minimum Gasteiger partial charge on any atom is -0.478 e. The monoisotopic (exact) mass is 199 g/mol. The van der Waals surface area contributed by atoms with Crippen molar-refractivity contribution in [2.75, 3.05) is 26.2 Å². The number of hydrogen-bond acceptors (Lipinski definition) is 3. The summed E-state index contributed by atoms with van der Waals surface area (Å²) in [5.74, 6) is -0.405. The van der Waals surface area contributed by atoms with Crippen molar-refractivity contribution in [3.63, 3.8) is 0 Å². The van der Waals surface area contributed by atoms with Crippen LogP contribution in [-0.4, -0.2) is 47.3 Å². The molecule has 4 heteroatoms. The maximum Gasteiger partial charge on any atom is 0.332 e. The van der Waals surface area contributed by atoms with Gasteiger partial charge in [-0.05, 0) is 25.3 Å². The third kappa shape index (κ3) is 3.12. The van der Waals surface area contributed by atoms with Gasteiger partial charge in [0.2, 0.25) is 0 Å². The van der Waals surface area contributed by atoms with Crippen molar-refractivity contribution < 1.29 is 15.0 Å². The predicted molar refractivity (Wildman–Crippen MR) is 53.0 cm³/mol. The van der Waals surface area contributed by atoms with E-state index in [2.05, 4.69) is 11.5 Å². The van der Waals surface area contributed by atoms with Crippen molar-refractivity contribution in [2.24, 2.45) is 5.92 Å². The Morgan fingerprint density at radius 2 is 2.29 bits per heavy atom. The van der Waals surface area contributed by atoms with Gasteiger partial charge in [0.1, 0.15) is 0 Å². The lowest BCUT2D eigenvalue weighted by Crippen LogP contribution is -2.25. The molecule has 0 aromatic heterocycles. The molecular formula is C10H17NO3. The second-order valence-corrected chi connectivity index (χ2v) is 3.81. The summed E-state index contributed by atoms with van der Waals surface area (Å²) >= 11 is 0. The molecule has 1 unspecified atom stereocenters. The Hall–Kier alpha value is -0.870. The molecule has 1 rings (SSSR count). The number of aliphatic hydroxyl groups excluding tert-OH is 1. The highest BCUT2D eigenvalue weighted by Gasteiger charge is 2.23. The molecule has 0 saturated carbocycles. The standard InChI is InChI=1S/C10H17NO3/c1-8(10(13)14)6-11-4-2-9(7-11)3-5-12/h9,12H,1-7H2,(H,13,14). The van der Waals surface area contributed by atoms with E-state index in [9.17, 15) is 4.79 Å². The fourth-order valence-electron chi connectivity index (χ4n) is 1.81. The molecule has 0 bridgehead atoms. The zero-order valence-corrected chi connectivity index (χ0v) is 8.28. The number of likely N-dealkylation sites (tertiary alicyclic amines) is 1. The predicted octanol–water partition coefficient (Wildman–Crippen LogP) is 0.331. The summed E-state index contributed by atoms with van der Waals surface area (Å²) in [6.07, 6.45) is 1.86. The lowest BCUT2D eigenvalue weighted by molar-refractivity contribution is -0.132. The zero-order chi connectivity index (χ0) is 10.6. The molecule has 1 aliphatic heterocycles. The van der Waals surface area contributed by atoms with E-state index in [0.29, 0.717) is 12.5 Å². The topological polar surface area (TPSA) is 60.8 Å². The molecule has 0 radical (unpaired) electrons. The second-order valence-electron chi connectivity index (χ2n) is 3.81. The Morgan fingerprint density at radius 3 is 2.86 bits per heavy atom. The average Bonchev–Trinajstić information content (AvgIpc) is 2.53. The Morgan fingerprint density at radius 1 is 1.57 bits per heavy atom. The maximum atomic E-state index is 10.5.